The Morgan fingerprint density at radius 3 is 2.40 bits per heavy atom. The molecule has 0 aliphatic carbocycles. The molecule has 9 heteroatoms. The molecule has 0 amide bonds. The van der Waals surface area contributed by atoms with E-state index in [0.717, 1.165) is 26.3 Å². The second kappa shape index (κ2) is 8.02. The predicted octanol–water partition coefficient (Wildman–Crippen LogP) is 4.84. The van der Waals surface area contributed by atoms with Crippen molar-refractivity contribution in [2.24, 2.45) is 0 Å². The van der Waals surface area contributed by atoms with Crippen LogP contribution in [0.4, 0.5) is 0 Å². The van der Waals surface area contributed by atoms with Gasteiger partial charge in [0.15, 0.2) is 0 Å². The van der Waals surface area contributed by atoms with E-state index in [1.54, 1.807) is 0 Å². The minimum atomic E-state index is -1.41. The van der Waals surface area contributed by atoms with Crippen LogP contribution in [0.3, 0.4) is 0 Å². The number of nitrogens with zero attached hydrogens (tertiary/aromatic N) is 1. The Kier molecular flexibility index (Phi) is 5.42. The number of hydrogen-bond donors (Lipinski definition) is 2. The molecule has 0 fully saturated rings. The molecule has 30 heavy (non-hydrogen) atoms. The van der Waals surface area contributed by atoms with Crippen LogP contribution in [0.2, 0.25) is 10.0 Å². The van der Waals surface area contributed by atoms with Crippen molar-refractivity contribution in [3.63, 3.8) is 0 Å². The standard InChI is InChI=1S/C21H12Cl2N2O4S/c22-13-8-14(23)18(30-17-7-3-5-11-4-1-2-6-12(11)17)10-16(13)25-19(26)9-15(20(27)28)24-21(25)29/h1-10H,(H,24,29)(H,27,28). The zero-order valence-corrected chi connectivity index (χ0v) is 17.4. The molecule has 1 heterocycles. The zero-order chi connectivity index (χ0) is 21.4. The van der Waals surface area contributed by atoms with Crippen molar-refractivity contribution in [2.45, 2.75) is 9.79 Å². The van der Waals surface area contributed by atoms with Gasteiger partial charge in [-0.15, -0.1) is 0 Å². The minimum absolute atomic E-state index is 0.0814. The number of aromatic nitrogens is 2. The van der Waals surface area contributed by atoms with Crippen molar-refractivity contribution >= 4 is 51.7 Å². The molecule has 0 aliphatic heterocycles. The smallest absolute Gasteiger partial charge is 0.352 e. The van der Waals surface area contributed by atoms with Crippen LogP contribution in [0.15, 0.2) is 80.0 Å². The van der Waals surface area contributed by atoms with Gasteiger partial charge < -0.3 is 10.1 Å². The molecule has 0 bridgehead atoms. The Bertz CT molecular complexity index is 1390. The number of nitrogens with one attached hydrogen (secondary N) is 1. The highest BCUT2D eigenvalue weighted by molar-refractivity contribution is 7.99. The van der Waals surface area contributed by atoms with Gasteiger partial charge in [-0.05, 0) is 29.0 Å². The first-order valence-electron chi connectivity index (χ1n) is 8.60. The first-order valence-corrected chi connectivity index (χ1v) is 10.2. The first kappa shape index (κ1) is 20.3. The van der Waals surface area contributed by atoms with Crippen molar-refractivity contribution in [3.05, 3.63) is 97.2 Å². The third-order valence-electron chi connectivity index (χ3n) is 4.38. The van der Waals surface area contributed by atoms with Crippen LogP contribution < -0.4 is 11.2 Å². The van der Waals surface area contributed by atoms with Crippen LogP contribution >= 0.6 is 35.0 Å². The summed E-state index contributed by atoms with van der Waals surface area (Å²) in [4.78, 5) is 39.6. The maximum atomic E-state index is 12.4. The molecule has 6 nitrogen and oxygen atoms in total. The van der Waals surface area contributed by atoms with E-state index in [-0.39, 0.29) is 10.7 Å². The number of carbonyl (C=O) groups is 1. The van der Waals surface area contributed by atoms with Gasteiger partial charge >= 0.3 is 11.7 Å². The maximum absolute atomic E-state index is 12.4. The van der Waals surface area contributed by atoms with E-state index in [1.807, 2.05) is 42.5 Å². The van der Waals surface area contributed by atoms with Gasteiger partial charge in [0.1, 0.15) is 5.69 Å². The summed E-state index contributed by atoms with van der Waals surface area (Å²) in [5.74, 6) is -1.41. The molecular weight excluding hydrogens is 447 g/mol. The van der Waals surface area contributed by atoms with Gasteiger partial charge in [-0.2, -0.15) is 0 Å². The molecule has 0 spiro atoms. The molecule has 0 radical (unpaired) electrons. The number of aromatic amines is 1. The highest BCUT2D eigenvalue weighted by atomic mass is 35.5. The number of benzene rings is 3. The number of fused-ring (bicyclic) bond motifs is 1. The lowest BCUT2D eigenvalue weighted by molar-refractivity contribution is 0.0689. The molecule has 3 aromatic carbocycles. The Labute approximate surface area is 183 Å². The summed E-state index contributed by atoms with van der Waals surface area (Å²) in [6.07, 6.45) is 0. The van der Waals surface area contributed by atoms with Gasteiger partial charge in [0, 0.05) is 15.9 Å². The Morgan fingerprint density at radius 1 is 0.933 bits per heavy atom. The average Bonchev–Trinajstić information content (AvgIpc) is 2.70. The topological polar surface area (TPSA) is 92.2 Å². The van der Waals surface area contributed by atoms with E-state index in [2.05, 4.69) is 4.98 Å². The third-order valence-corrected chi connectivity index (χ3v) is 6.24. The number of carboxylic acids is 1. The minimum Gasteiger partial charge on any atom is -0.477 e. The maximum Gasteiger partial charge on any atom is 0.352 e. The van der Waals surface area contributed by atoms with Crippen LogP contribution in [0.25, 0.3) is 16.5 Å². The molecule has 4 aromatic rings. The van der Waals surface area contributed by atoms with Gasteiger partial charge in [-0.25, -0.2) is 14.2 Å². The van der Waals surface area contributed by atoms with E-state index in [0.29, 0.717) is 9.92 Å². The van der Waals surface area contributed by atoms with Gasteiger partial charge in [0.25, 0.3) is 5.56 Å². The second-order valence-electron chi connectivity index (χ2n) is 6.28. The molecule has 0 saturated heterocycles. The summed E-state index contributed by atoms with van der Waals surface area (Å²) in [6.45, 7) is 0. The number of carboxylic acid groups (broad SMARTS) is 1. The van der Waals surface area contributed by atoms with Crippen LogP contribution in [-0.2, 0) is 0 Å². The highest BCUT2D eigenvalue weighted by Gasteiger charge is 2.16. The number of rotatable bonds is 4. The molecule has 0 unspecified atom stereocenters. The Balaban J connectivity index is 1.86. The Morgan fingerprint density at radius 2 is 1.67 bits per heavy atom. The van der Waals surface area contributed by atoms with Crippen LogP contribution in [0, 0.1) is 0 Å². The number of aromatic carboxylic acids is 1. The van der Waals surface area contributed by atoms with E-state index in [9.17, 15) is 14.4 Å². The van der Waals surface area contributed by atoms with Crippen LogP contribution in [-0.4, -0.2) is 20.6 Å². The molecule has 150 valence electrons. The summed E-state index contributed by atoms with van der Waals surface area (Å²) in [7, 11) is 0. The van der Waals surface area contributed by atoms with Gasteiger partial charge in [-0.1, -0.05) is 71.4 Å². The molecule has 1 aromatic heterocycles. The van der Waals surface area contributed by atoms with E-state index in [4.69, 9.17) is 28.3 Å². The van der Waals surface area contributed by atoms with Gasteiger partial charge in [0.05, 0.1) is 15.7 Å². The highest BCUT2D eigenvalue weighted by Crippen LogP contribution is 2.39. The SMILES string of the molecule is O=C(O)c1cc(=O)n(-c2cc(Sc3cccc4ccccc34)c(Cl)cc2Cl)c(=O)[nH]1. The largest absolute Gasteiger partial charge is 0.477 e. The lowest BCUT2D eigenvalue weighted by atomic mass is 10.1. The lowest BCUT2D eigenvalue weighted by Crippen LogP contribution is -2.35. The zero-order valence-electron chi connectivity index (χ0n) is 15.1. The number of halogens is 2. The molecule has 0 saturated carbocycles. The molecule has 2 N–H and O–H groups in total. The van der Waals surface area contributed by atoms with Crippen molar-refractivity contribution in [1.82, 2.24) is 9.55 Å². The molecule has 0 atom stereocenters. The second-order valence-corrected chi connectivity index (χ2v) is 8.18. The number of H-pyrrole nitrogens is 1. The van der Waals surface area contributed by atoms with Gasteiger partial charge in [0.2, 0.25) is 0 Å². The van der Waals surface area contributed by atoms with E-state index < -0.39 is 22.9 Å². The first-order chi connectivity index (χ1) is 14.3. The van der Waals surface area contributed by atoms with Gasteiger partial charge in [-0.3, -0.25) is 4.79 Å². The van der Waals surface area contributed by atoms with Crippen molar-refractivity contribution < 1.29 is 9.90 Å². The Hall–Kier alpha value is -3.00. The summed E-state index contributed by atoms with van der Waals surface area (Å²) in [5, 5.41) is 11.5. The monoisotopic (exact) mass is 458 g/mol. The number of hydrogen-bond acceptors (Lipinski definition) is 4. The van der Waals surface area contributed by atoms with Crippen molar-refractivity contribution in [1.29, 1.82) is 0 Å². The normalized spacial score (nSPS) is 11.0. The molecular formula is C21H12Cl2N2O4S. The lowest BCUT2D eigenvalue weighted by Gasteiger charge is -2.12. The third kappa shape index (κ3) is 3.75. The summed E-state index contributed by atoms with van der Waals surface area (Å²) >= 11 is 14.0. The quantitative estimate of drug-likeness (QED) is 0.456. The summed E-state index contributed by atoms with van der Waals surface area (Å²) in [5.41, 5.74) is -2.13. The predicted molar refractivity (Wildman–Crippen MR) is 118 cm³/mol. The average molecular weight is 459 g/mol. The van der Waals surface area contributed by atoms with E-state index >= 15 is 0 Å². The summed E-state index contributed by atoms with van der Waals surface area (Å²) in [6, 6.07) is 17.5. The fraction of sp³-hybridized carbons (Fsp3) is 0. The van der Waals surface area contributed by atoms with Crippen LogP contribution in [0.5, 0.6) is 0 Å². The fourth-order valence-corrected chi connectivity index (χ4v) is 4.60. The van der Waals surface area contributed by atoms with E-state index in [1.165, 1.54) is 23.9 Å². The fourth-order valence-electron chi connectivity index (χ4n) is 3.01. The van der Waals surface area contributed by atoms with Crippen LogP contribution in [0.1, 0.15) is 10.5 Å². The molecule has 0 aliphatic rings. The van der Waals surface area contributed by atoms with Crippen molar-refractivity contribution in [3.8, 4) is 5.69 Å². The van der Waals surface area contributed by atoms with Crippen molar-refractivity contribution in [2.75, 3.05) is 0 Å². The molecule has 4 rings (SSSR count). The summed E-state index contributed by atoms with van der Waals surface area (Å²) < 4.78 is 0.776.